The molecule has 128 valence electrons. The zero-order chi connectivity index (χ0) is 18.0. The number of amides is 1. The van der Waals surface area contributed by atoms with Crippen molar-refractivity contribution in [2.24, 2.45) is 0 Å². The van der Waals surface area contributed by atoms with Gasteiger partial charge in [0.2, 0.25) is 0 Å². The highest BCUT2D eigenvalue weighted by molar-refractivity contribution is 6.42. The Balaban J connectivity index is 1.70. The minimum absolute atomic E-state index is 0.278. The van der Waals surface area contributed by atoms with Crippen molar-refractivity contribution in [1.82, 2.24) is 9.78 Å². The molecule has 0 aliphatic carbocycles. The van der Waals surface area contributed by atoms with E-state index in [2.05, 4.69) is 10.4 Å². The fourth-order valence-corrected chi connectivity index (χ4v) is 3.01. The van der Waals surface area contributed by atoms with Crippen LogP contribution in [0.25, 0.3) is 0 Å². The molecule has 0 aliphatic rings. The predicted molar refractivity (Wildman–Crippen MR) is 102 cm³/mol. The van der Waals surface area contributed by atoms with Gasteiger partial charge in [0.05, 0.1) is 27.2 Å². The zero-order valence-corrected chi connectivity index (χ0v) is 15.7. The van der Waals surface area contributed by atoms with Gasteiger partial charge in [0, 0.05) is 17.3 Å². The molecule has 0 saturated heterocycles. The Labute approximate surface area is 164 Å². The van der Waals surface area contributed by atoms with Crippen molar-refractivity contribution in [3.8, 4) is 0 Å². The molecule has 2 aromatic carbocycles. The van der Waals surface area contributed by atoms with Crippen molar-refractivity contribution in [3.63, 3.8) is 0 Å². The quantitative estimate of drug-likeness (QED) is 0.586. The number of rotatable bonds is 4. The number of benzene rings is 2. The van der Waals surface area contributed by atoms with Crippen LogP contribution in [0, 0.1) is 0 Å². The lowest BCUT2D eigenvalue weighted by Gasteiger charge is -2.05. The number of hydrogen-bond acceptors (Lipinski definition) is 2. The molecule has 1 N–H and O–H groups in total. The second-order valence-electron chi connectivity index (χ2n) is 5.23. The minimum Gasteiger partial charge on any atom is -0.305 e. The molecular formula is C17H11Cl4N3O. The van der Waals surface area contributed by atoms with Gasteiger partial charge in [-0.05, 0) is 35.9 Å². The Morgan fingerprint density at radius 3 is 2.48 bits per heavy atom. The number of hydrogen-bond donors (Lipinski definition) is 1. The van der Waals surface area contributed by atoms with E-state index in [1.54, 1.807) is 41.2 Å². The molecule has 1 heterocycles. The molecule has 1 aromatic heterocycles. The molecule has 25 heavy (non-hydrogen) atoms. The zero-order valence-electron chi connectivity index (χ0n) is 12.6. The van der Waals surface area contributed by atoms with Crippen LogP contribution >= 0.6 is 46.4 Å². The molecular weight excluding hydrogens is 404 g/mol. The van der Waals surface area contributed by atoms with Gasteiger partial charge in [0.15, 0.2) is 5.82 Å². The third-order valence-corrected chi connectivity index (χ3v) is 4.67. The molecule has 0 aliphatic heterocycles. The first kappa shape index (κ1) is 18.1. The van der Waals surface area contributed by atoms with Gasteiger partial charge in [-0.2, -0.15) is 5.10 Å². The Morgan fingerprint density at radius 2 is 1.76 bits per heavy atom. The summed E-state index contributed by atoms with van der Waals surface area (Å²) in [5.41, 5.74) is 1.27. The lowest BCUT2D eigenvalue weighted by atomic mass is 10.2. The number of nitrogens with one attached hydrogen (secondary N) is 1. The Kier molecular flexibility index (Phi) is 5.54. The fraction of sp³-hybridized carbons (Fsp3) is 0.0588. The molecule has 0 bridgehead atoms. The average Bonchev–Trinajstić information content (AvgIpc) is 2.97. The van der Waals surface area contributed by atoms with Crippen LogP contribution in [-0.4, -0.2) is 15.7 Å². The molecule has 3 aromatic rings. The third-order valence-electron chi connectivity index (χ3n) is 3.39. The number of nitrogens with zero attached hydrogens (tertiary/aromatic N) is 2. The summed E-state index contributed by atoms with van der Waals surface area (Å²) < 4.78 is 1.68. The molecule has 0 radical (unpaired) electrons. The van der Waals surface area contributed by atoms with Crippen LogP contribution in [0.3, 0.4) is 0 Å². The summed E-state index contributed by atoms with van der Waals surface area (Å²) in [6.07, 6.45) is 1.75. The number of aromatic nitrogens is 2. The lowest BCUT2D eigenvalue weighted by Crippen LogP contribution is -2.13. The molecule has 3 rings (SSSR count). The van der Waals surface area contributed by atoms with Crippen LogP contribution in [0.1, 0.15) is 15.9 Å². The monoisotopic (exact) mass is 413 g/mol. The Hall–Kier alpha value is -1.72. The van der Waals surface area contributed by atoms with Crippen molar-refractivity contribution in [2.75, 3.05) is 5.32 Å². The van der Waals surface area contributed by atoms with Crippen LogP contribution < -0.4 is 5.32 Å². The SMILES string of the molecule is O=C(Nc1ccn(Cc2ccc(Cl)c(Cl)c2)n1)c1ccc(Cl)cc1Cl. The molecule has 0 unspecified atom stereocenters. The Morgan fingerprint density at radius 1 is 0.960 bits per heavy atom. The van der Waals surface area contributed by atoms with Crippen LogP contribution in [0.5, 0.6) is 0 Å². The maximum Gasteiger partial charge on any atom is 0.258 e. The summed E-state index contributed by atoms with van der Waals surface area (Å²) in [5, 5.41) is 8.73. The number of carbonyl (C=O) groups excluding carboxylic acids is 1. The van der Waals surface area contributed by atoms with E-state index in [0.29, 0.717) is 33.0 Å². The van der Waals surface area contributed by atoms with Crippen LogP contribution in [0.4, 0.5) is 5.82 Å². The van der Waals surface area contributed by atoms with Gasteiger partial charge in [0.25, 0.3) is 5.91 Å². The lowest BCUT2D eigenvalue weighted by molar-refractivity contribution is 0.102. The number of carbonyl (C=O) groups is 1. The topological polar surface area (TPSA) is 46.9 Å². The van der Waals surface area contributed by atoms with Gasteiger partial charge >= 0.3 is 0 Å². The molecule has 0 saturated carbocycles. The van der Waals surface area contributed by atoms with E-state index in [1.807, 2.05) is 6.07 Å². The summed E-state index contributed by atoms with van der Waals surface area (Å²) >= 11 is 23.8. The van der Waals surface area contributed by atoms with Gasteiger partial charge in [0.1, 0.15) is 0 Å². The number of anilines is 1. The van der Waals surface area contributed by atoms with Crippen LogP contribution in [-0.2, 0) is 6.54 Å². The van der Waals surface area contributed by atoms with Crippen molar-refractivity contribution in [2.45, 2.75) is 6.54 Å². The summed E-state index contributed by atoms with van der Waals surface area (Å²) in [5.74, 6) is 0.0533. The Bertz CT molecular complexity index is 939. The molecule has 0 spiro atoms. The van der Waals surface area contributed by atoms with E-state index in [4.69, 9.17) is 46.4 Å². The van der Waals surface area contributed by atoms with Gasteiger partial charge in [-0.3, -0.25) is 9.48 Å². The van der Waals surface area contributed by atoms with E-state index >= 15 is 0 Å². The van der Waals surface area contributed by atoms with Gasteiger partial charge < -0.3 is 5.32 Å². The largest absolute Gasteiger partial charge is 0.305 e. The van der Waals surface area contributed by atoms with E-state index < -0.39 is 0 Å². The summed E-state index contributed by atoms with van der Waals surface area (Å²) in [7, 11) is 0. The average molecular weight is 415 g/mol. The highest BCUT2D eigenvalue weighted by Gasteiger charge is 2.12. The fourth-order valence-electron chi connectivity index (χ4n) is 2.20. The minimum atomic E-state index is -0.360. The van der Waals surface area contributed by atoms with E-state index in [1.165, 1.54) is 6.07 Å². The van der Waals surface area contributed by atoms with Crippen molar-refractivity contribution in [3.05, 3.63) is 79.9 Å². The predicted octanol–water partition coefficient (Wildman–Crippen LogP) is 5.80. The van der Waals surface area contributed by atoms with Crippen LogP contribution in [0.15, 0.2) is 48.7 Å². The van der Waals surface area contributed by atoms with Crippen molar-refractivity contribution in [1.29, 1.82) is 0 Å². The van der Waals surface area contributed by atoms with Gasteiger partial charge in [-0.25, -0.2) is 0 Å². The van der Waals surface area contributed by atoms with Gasteiger partial charge in [-0.15, -0.1) is 0 Å². The van der Waals surface area contributed by atoms with Crippen molar-refractivity contribution >= 4 is 58.1 Å². The molecule has 4 nitrogen and oxygen atoms in total. The number of halogens is 4. The van der Waals surface area contributed by atoms with Crippen LogP contribution in [0.2, 0.25) is 20.1 Å². The first-order chi connectivity index (χ1) is 11.9. The maximum atomic E-state index is 12.3. The van der Waals surface area contributed by atoms with Gasteiger partial charge in [-0.1, -0.05) is 52.5 Å². The molecule has 0 fully saturated rings. The molecule has 8 heteroatoms. The smallest absolute Gasteiger partial charge is 0.258 e. The maximum absolute atomic E-state index is 12.3. The first-order valence-corrected chi connectivity index (χ1v) is 8.67. The van der Waals surface area contributed by atoms with E-state index in [0.717, 1.165) is 5.56 Å². The van der Waals surface area contributed by atoms with E-state index in [-0.39, 0.29) is 10.9 Å². The summed E-state index contributed by atoms with van der Waals surface area (Å²) in [6.45, 7) is 0.495. The second-order valence-corrected chi connectivity index (χ2v) is 6.88. The third kappa shape index (κ3) is 4.47. The van der Waals surface area contributed by atoms with E-state index in [9.17, 15) is 4.79 Å². The molecule has 1 amide bonds. The summed E-state index contributed by atoms with van der Waals surface area (Å²) in [4.78, 5) is 12.3. The molecule has 0 atom stereocenters. The highest BCUT2D eigenvalue weighted by Crippen LogP contribution is 2.24. The first-order valence-electron chi connectivity index (χ1n) is 7.16. The van der Waals surface area contributed by atoms with Crippen molar-refractivity contribution < 1.29 is 4.79 Å². The standard InChI is InChI=1S/C17H11Cl4N3O/c18-11-2-3-12(14(20)8-11)17(25)22-16-5-6-24(23-16)9-10-1-4-13(19)15(21)7-10/h1-8H,9H2,(H,22,23,25). The summed E-state index contributed by atoms with van der Waals surface area (Å²) in [6, 6.07) is 11.7. The normalized spacial score (nSPS) is 10.7. The highest BCUT2D eigenvalue weighted by atomic mass is 35.5. The second kappa shape index (κ2) is 7.67.